The van der Waals surface area contributed by atoms with Crippen molar-refractivity contribution in [3.05, 3.63) is 41.6 Å². The standard InChI is InChI=1S/C16H17NO/c1-3-4-5-6-16(18)14-9-10-15-13(11-14)8-7-12(2)17-15/h7-11,16,18H,5-6H2,1-2H3. The Hall–Kier alpha value is -1.85. The average molecular weight is 239 g/mol. The Bertz CT molecular complexity index is 607. The first-order valence-corrected chi connectivity index (χ1v) is 6.15. The smallest absolute Gasteiger partial charge is 0.0799 e. The molecule has 0 saturated carbocycles. The molecular formula is C16H17NO. The van der Waals surface area contributed by atoms with Crippen LogP contribution >= 0.6 is 0 Å². The zero-order chi connectivity index (χ0) is 13.0. The zero-order valence-electron chi connectivity index (χ0n) is 10.8. The molecule has 1 heterocycles. The SMILES string of the molecule is CC#CCCC(O)c1ccc2nc(C)ccc2c1. The summed E-state index contributed by atoms with van der Waals surface area (Å²) in [5.41, 5.74) is 2.92. The molecule has 0 aliphatic heterocycles. The first kappa shape index (κ1) is 12.6. The second-order valence-electron chi connectivity index (χ2n) is 4.39. The molecule has 2 nitrogen and oxygen atoms in total. The van der Waals surface area contributed by atoms with Crippen LogP contribution in [-0.4, -0.2) is 10.1 Å². The van der Waals surface area contributed by atoms with Crippen molar-refractivity contribution < 1.29 is 5.11 Å². The lowest BCUT2D eigenvalue weighted by Crippen LogP contribution is -1.97. The maximum Gasteiger partial charge on any atom is 0.0799 e. The summed E-state index contributed by atoms with van der Waals surface area (Å²) in [6.07, 6.45) is 0.949. The molecule has 0 fully saturated rings. The van der Waals surface area contributed by atoms with Gasteiger partial charge in [0, 0.05) is 17.5 Å². The molecule has 0 amide bonds. The monoisotopic (exact) mass is 239 g/mol. The summed E-state index contributed by atoms with van der Waals surface area (Å²) in [6, 6.07) is 9.94. The summed E-state index contributed by atoms with van der Waals surface area (Å²) < 4.78 is 0. The highest BCUT2D eigenvalue weighted by Crippen LogP contribution is 2.22. The normalized spacial score (nSPS) is 11.9. The maximum absolute atomic E-state index is 10.1. The van der Waals surface area contributed by atoms with Crippen molar-refractivity contribution >= 4 is 10.9 Å². The van der Waals surface area contributed by atoms with Gasteiger partial charge in [0.25, 0.3) is 0 Å². The zero-order valence-corrected chi connectivity index (χ0v) is 10.8. The van der Waals surface area contributed by atoms with Crippen LogP contribution in [0.4, 0.5) is 0 Å². The van der Waals surface area contributed by atoms with Crippen LogP contribution in [0.5, 0.6) is 0 Å². The van der Waals surface area contributed by atoms with Gasteiger partial charge in [-0.25, -0.2) is 0 Å². The van der Waals surface area contributed by atoms with Gasteiger partial charge in [-0.3, -0.25) is 4.98 Å². The summed E-state index contributed by atoms with van der Waals surface area (Å²) in [6.45, 7) is 3.79. The highest BCUT2D eigenvalue weighted by atomic mass is 16.3. The third-order valence-corrected chi connectivity index (χ3v) is 2.96. The van der Waals surface area contributed by atoms with Gasteiger partial charge in [0.05, 0.1) is 11.6 Å². The van der Waals surface area contributed by atoms with E-state index in [1.54, 1.807) is 0 Å². The summed E-state index contributed by atoms with van der Waals surface area (Å²) in [5, 5.41) is 11.1. The second-order valence-corrected chi connectivity index (χ2v) is 4.39. The fraction of sp³-hybridized carbons (Fsp3) is 0.312. The third-order valence-electron chi connectivity index (χ3n) is 2.96. The number of aliphatic hydroxyl groups excluding tert-OH is 1. The second kappa shape index (κ2) is 5.66. The minimum Gasteiger partial charge on any atom is -0.388 e. The fourth-order valence-electron chi connectivity index (χ4n) is 1.95. The molecule has 1 atom stereocenters. The lowest BCUT2D eigenvalue weighted by Gasteiger charge is -2.10. The van der Waals surface area contributed by atoms with E-state index in [2.05, 4.69) is 16.8 Å². The molecule has 0 spiro atoms. The Morgan fingerprint density at radius 1 is 1.28 bits per heavy atom. The first-order valence-electron chi connectivity index (χ1n) is 6.15. The molecule has 1 aromatic carbocycles. The van der Waals surface area contributed by atoms with Crippen LogP contribution in [0.1, 0.15) is 37.1 Å². The van der Waals surface area contributed by atoms with Gasteiger partial charge in [-0.15, -0.1) is 11.8 Å². The van der Waals surface area contributed by atoms with Crippen LogP contribution < -0.4 is 0 Å². The number of aromatic nitrogens is 1. The van der Waals surface area contributed by atoms with Gasteiger partial charge in [0.2, 0.25) is 0 Å². The van der Waals surface area contributed by atoms with Crippen molar-refractivity contribution in [3.8, 4) is 11.8 Å². The molecular weight excluding hydrogens is 222 g/mol. The number of aliphatic hydroxyl groups is 1. The quantitative estimate of drug-likeness (QED) is 0.833. The minimum absolute atomic E-state index is 0.448. The van der Waals surface area contributed by atoms with E-state index in [1.807, 2.05) is 44.2 Å². The molecule has 0 bridgehead atoms. The van der Waals surface area contributed by atoms with Crippen LogP contribution in [0.25, 0.3) is 10.9 Å². The molecule has 2 aromatic rings. The molecule has 0 aliphatic carbocycles. The van der Waals surface area contributed by atoms with E-state index in [0.717, 1.165) is 28.6 Å². The molecule has 18 heavy (non-hydrogen) atoms. The predicted octanol–water partition coefficient (Wildman–Crippen LogP) is 3.38. The Labute approximate surface area is 108 Å². The third kappa shape index (κ3) is 2.88. The van der Waals surface area contributed by atoms with Crippen molar-refractivity contribution in [1.29, 1.82) is 0 Å². The molecule has 2 rings (SSSR count). The Kier molecular flexibility index (Phi) is 3.96. The summed E-state index contributed by atoms with van der Waals surface area (Å²) in [4.78, 5) is 4.45. The molecule has 92 valence electrons. The number of benzene rings is 1. The number of nitrogens with zero attached hydrogens (tertiary/aromatic N) is 1. The van der Waals surface area contributed by atoms with E-state index in [9.17, 15) is 5.11 Å². The van der Waals surface area contributed by atoms with Gasteiger partial charge < -0.3 is 5.11 Å². The minimum atomic E-state index is -0.448. The van der Waals surface area contributed by atoms with Crippen LogP contribution in [0.15, 0.2) is 30.3 Å². The number of hydrogen-bond donors (Lipinski definition) is 1. The number of fused-ring (bicyclic) bond motifs is 1. The number of pyridine rings is 1. The van der Waals surface area contributed by atoms with Crippen LogP contribution in [-0.2, 0) is 0 Å². The van der Waals surface area contributed by atoms with Crippen LogP contribution in [0, 0.1) is 18.8 Å². The summed E-state index contributed by atoms with van der Waals surface area (Å²) >= 11 is 0. The first-order chi connectivity index (χ1) is 8.70. The summed E-state index contributed by atoms with van der Waals surface area (Å²) in [7, 11) is 0. The lowest BCUT2D eigenvalue weighted by molar-refractivity contribution is 0.169. The molecule has 1 unspecified atom stereocenters. The highest BCUT2D eigenvalue weighted by molar-refractivity contribution is 5.79. The Morgan fingerprint density at radius 2 is 2.11 bits per heavy atom. The number of rotatable bonds is 3. The molecule has 0 radical (unpaired) electrons. The Morgan fingerprint density at radius 3 is 2.89 bits per heavy atom. The van der Waals surface area contributed by atoms with E-state index in [1.165, 1.54) is 0 Å². The van der Waals surface area contributed by atoms with E-state index < -0.39 is 6.10 Å². The van der Waals surface area contributed by atoms with Gasteiger partial charge in [-0.2, -0.15) is 0 Å². The van der Waals surface area contributed by atoms with Crippen molar-refractivity contribution in [1.82, 2.24) is 4.98 Å². The van der Waals surface area contributed by atoms with Crippen molar-refractivity contribution in [2.45, 2.75) is 32.8 Å². The van der Waals surface area contributed by atoms with Gasteiger partial charge >= 0.3 is 0 Å². The molecule has 0 aliphatic rings. The van der Waals surface area contributed by atoms with Crippen molar-refractivity contribution in [3.63, 3.8) is 0 Å². The van der Waals surface area contributed by atoms with Crippen molar-refractivity contribution in [2.24, 2.45) is 0 Å². The largest absolute Gasteiger partial charge is 0.388 e. The van der Waals surface area contributed by atoms with E-state index >= 15 is 0 Å². The van der Waals surface area contributed by atoms with Crippen molar-refractivity contribution in [2.75, 3.05) is 0 Å². The fourth-order valence-corrected chi connectivity index (χ4v) is 1.95. The number of aryl methyl sites for hydroxylation is 1. The molecule has 1 N–H and O–H groups in total. The molecule has 0 saturated heterocycles. The Balaban J connectivity index is 2.23. The average Bonchev–Trinajstić information content (AvgIpc) is 2.38. The highest BCUT2D eigenvalue weighted by Gasteiger charge is 2.07. The van der Waals surface area contributed by atoms with Gasteiger partial charge in [-0.05, 0) is 44.0 Å². The van der Waals surface area contributed by atoms with E-state index in [-0.39, 0.29) is 0 Å². The maximum atomic E-state index is 10.1. The predicted molar refractivity (Wildman–Crippen MR) is 74.1 cm³/mol. The van der Waals surface area contributed by atoms with Gasteiger partial charge in [0.15, 0.2) is 0 Å². The van der Waals surface area contributed by atoms with E-state index in [0.29, 0.717) is 6.42 Å². The van der Waals surface area contributed by atoms with Gasteiger partial charge in [0.1, 0.15) is 0 Å². The number of hydrogen-bond acceptors (Lipinski definition) is 2. The van der Waals surface area contributed by atoms with E-state index in [4.69, 9.17) is 0 Å². The molecule has 2 heteroatoms. The molecule has 1 aromatic heterocycles. The van der Waals surface area contributed by atoms with Gasteiger partial charge in [-0.1, -0.05) is 12.1 Å². The van der Waals surface area contributed by atoms with Crippen LogP contribution in [0.3, 0.4) is 0 Å². The topological polar surface area (TPSA) is 33.1 Å². The van der Waals surface area contributed by atoms with Crippen LogP contribution in [0.2, 0.25) is 0 Å². The lowest BCUT2D eigenvalue weighted by atomic mass is 10.0. The summed E-state index contributed by atoms with van der Waals surface area (Å²) in [5.74, 6) is 5.81.